The number of nitrogens with zero attached hydrogens (tertiary/aromatic N) is 3. The van der Waals surface area contributed by atoms with Gasteiger partial charge in [0.2, 0.25) is 11.2 Å². The number of fused-ring (bicyclic) bond motifs is 1. The van der Waals surface area contributed by atoms with Gasteiger partial charge in [-0.25, -0.2) is 4.98 Å². The highest BCUT2D eigenvalue weighted by atomic mass is 35.5. The maximum Gasteiger partial charge on any atom is 0.225 e. The molecule has 3 rings (SSSR count). The van der Waals surface area contributed by atoms with Crippen LogP contribution in [0.5, 0.6) is 5.88 Å². The van der Waals surface area contributed by atoms with E-state index in [0.717, 1.165) is 30.9 Å². The van der Waals surface area contributed by atoms with Gasteiger partial charge >= 0.3 is 0 Å². The number of hydrogen-bond donors (Lipinski definition) is 0. The number of benzene rings is 1. The van der Waals surface area contributed by atoms with Gasteiger partial charge < -0.3 is 4.74 Å². The van der Waals surface area contributed by atoms with Crippen molar-refractivity contribution < 1.29 is 4.74 Å². The molecule has 0 unspecified atom stereocenters. The Morgan fingerprint density at radius 3 is 2.74 bits per heavy atom. The molecule has 0 saturated heterocycles. The summed E-state index contributed by atoms with van der Waals surface area (Å²) in [6, 6.07) is 10.4. The Bertz CT molecular complexity index is 589. The normalized spacial score (nSPS) is 14.4. The van der Waals surface area contributed by atoms with Crippen LogP contribution in [0.4, 0.5) is 0 Å². The molecule has 0 saturated carbocycles. The Morgan fingerprint density at radius 1 is 1.21 bits per heavy atom. The molecule has 5 heteroatoms. The van der Waals surface area contributed by atoms with Crippen molar-refractivity contribution in [2.75, 3.05) is 7.11 Å². The standard InChI is InChI=1S/C14H14ClN3O/c1-19-13-11-8-18(7-10-5-3-2-4-6-10)9-12(11)16-14(15)17-13/h2-6H,7-9H2,1H3. The van der Waals surface area contributed by atoms with Gasteiger partial charge in [-0.2, -0.15) is 4.98 Å². The second kappa shape index (κ2) is 5.15. The van der Waals surface area contributed by atoms with Crippen molar-refractivity contribution in [1.82, 2.24) is 14.9 Å². The summed E-state index contributed by atoms with van der Waals surface area (Å²) in [5.74, 6) is 0.588. The van der Waals surface area contributed by atoms with Gasteiger partial charge in [0.05, 0.1) is 18.4 Å². The second-order valence-corrected chi connectivity index (χ2v) is 4.90. The molecule has 0 spiro atoms. The Morgan fingerprint density at radius 2 is 2.00 bits per heavy atom. The molecule has 1 aromatic carbocycles. The van der Waals surface area contributed by atoms with Crippen molar-refractivity contribution in [3.8, 4) is 5.88 Å². The lowest BCUT2D eigenvalue weighted by Gasteiger charge is -2.14. The zero-order chi connectivity index (χ0) is 13.2. The lowest BCUT2D eigenvalue weighted by atomic mass is 10.2. The van der Waals surface area contributed by atoms with E-state index >= 15 is 0 Å². The monoisotopic (exact) mass is 275 g/mol. The first kappa shape index (κ1) is 12.4. The summed E-state index contributed by atoms with van der Waals surface area (Å²) in [7, 11) is 1.61. The first-order valence-electron chi connectivity index (χ1n) is 6.12. The summed E-state index contributed by atoms with van der Waals surface area (Å²) in [6.07, 6.45) is 0. The molecule has 0 amide bonds. The van der Waals surface area contributed by atoms with Crippen LogP contribution in [-0.2, 0) is 19.6 Å². The van der Waals surface area contributed by atoms with Crippen LogP contribution in [-0.4, -0.2) is 22.0 Å². The Hall–Kier alpha value is -1.65. The average molecular weight is 276 g/mol. The van der Waals surface area contributed by atoms with Crippen molar-refractivity contribution in [1.29, 1.82) is 0 Å². The summed E-state index contributed by atoms with van der Waals surface area (Å²) >= 11 is 5.89. The van der Waals surface area contributed by atoms with Gasteiger partial charge in [0.1, 0.15) is 0 Å². The van der Waals surface area contributed by atoms with E-state index in [2.05, 4.69) is 39.1 Å². The van der Waals surface area contributed by atoms with E-state index in [1.807, 2.05) is 6.07 Å². The molecule has 1 aromatic heterocycles. The minimum absolute atomic E-state index is 0.247. The van der Waals surface area contributed by atoms with Gasteiger partial charge in [0, 0.05) is 19.6 Å². The molecular formula is C14H14ClN3O. The molecule has 19 heavy (non-hydrogen) atoms. The van der Waals surface area contributed by atoms with Crippen molar-refractivity contribution in [3.05, 3.63) is 52.4 Å². The Balaban J connectivity index is 1.81. The number of ether oxygens (including phenoxy) is 1. The third-order valence-electron chi connectivity index (χ3n) is 3.22. The number of hydrogen-bond acceptors (Lipinski definition) is 4. The van der Waals surface area contributed by atoms with Crippen molar-refractivity contribution in [2.24, 2.45) is 0 Å². The smallest absolute Gasteiger partial charge is 0.225 e. The predicted octanol–water partition coefficient (Wildman–Crippen LogP) is 2.65. The molecule has 1 aliphatic heterocycles. The fourth-order valence-electron chi connectivity index (χ4n) is 2.38. The van der Waals surface area contributed by atoms with Crippen LogP contribution in [0.2, 0.25) is 5.28 Å². The maximum atomic E-state index is 5.89. The largest absolute Gasteiger partial charge is 0.481 e. The van der Waals surface area contributed by atoms with Crippen molar-refractivity contribution in [2.45, 2.75) is 19.6 Å². The minimum Gasteiger partial charge on any atom is -0.481 e. The fourth-order valence-corrected chi connectivity index (χ4v) is 2.56. The van der Waals surface area contributed by atoms with Gasteiger partial charge in [-0.1, -0.05) is 30.3 Å². The van der Waals surface area contributed by atoms with Crippen LogP contribution in [0.25, 0.3) is 0 Å². The van der Waals surface area contributed by atoms with Crippen LogP contribution in [0.15, 0.2) is 30.3 Å². The van der Waals surface area contributed by atoms with Crippen molar-refractivity contribution in [3.63, 3.8) is 0 Å². The molecule has 2 heterocycles. The summed E-state index contributed by atoms with van der Waals surface area (Å²) in [5, 5.41) is 0.247. The first-order chi connectivity index (χ1) is 9.26. The first-order valence-corrected chi connectivity index (χ1v) is 6.49. The summed E-state index contributed by atoms with van der Waals surface area (Å²) in [5.41, 5.74) is 3.30. The average Bonchev–Trinajstić information content (AvgIpc) is 2.81. The van der Waals surface area contributed by atoms with E-state index in [1.165, 1.54) is 5.56 Å². The molecule has 2 aromatic rings. The van der Waals surface area contributed by atoms with Gasteiger partial charge in [-0.3, -0.25) is 4.90 Å². The Kier molecular flexibility index (Phi) is 3.36. The van der Waals surface area contributed by atoms with Crippen LogP contribution in [0.3, 0.4) is 0 Å². The summed E-state index contributed by atoms with van der Waals surface area (Å²) < 4.78 is 5.27. The minimum atomic E-state index is 0.247. The van der Waals surface area contributed by atoms with Crippen LogP contribution in [0.1, 0.15) is 16.8 Å². The lowest BCUT2D eigenvalue weighted by Crippen LogP contribution is -2.15. The zero-order valence-corrected chi connectivity index (χ0v) is 11.4. The van der Waals surface area contributed by atoms with Gasteiger partial charge in [-0.15, -0.1) is 0 Å². The molecule has 0 fully saturated rings. The van der Waals surface area contributed by atoms with Gasteiger partial charge in [0.15, 0.2) is 0 Å². The lowest BCUT2D eigenvalue weighted by molar-refractivity contribution is 0.271. The molecule has 98 valence electrons. The van der Waals surface area contributed by atoms with Crippen LogP contribution >= 0.6 is 11.6 Å². The summed E-state index contributed by atoms with van der Waals surface area (Å²) in [6.45, 7) is 2.46. The van der Waals surface area contributed by atoms with E-state index in [0.29, 0.717) is 5.88 Å². The number of halogens is 1. The van der Waals surface area contributed by atoms with Gasteiger partial charge in [0.25, 0.3) is 0 Å². The second-order valence-electron chi connectivity index (χ2n) is 4.56. The highest BCUT2D eigenvalue weighted by molar-refractivity contribution is 6.28. The third-order valence-corrected chi connectivity index (χ3v) is 3.39. The van der Waals surface area contributed by atoms with E-state index in [-0.39, 0.29) is 5.28 Å². The fraction of sp³-hybridized carbons (Fsp3) is 0.286. The van der Waals surface area contributed by atoms with E-state index in [4.69, 9.17) is 16.3 Å². The molecular weight excluding hydrogens is 262 g/mol. The predicted molar refractivity (Wildman–Crippen MR) is 73.0 cm³/mol. The van der Waals surface area contributed by atoms with E-state index in [9.17, 15) is 0 Å². The highest BCUT2D eigenvalue weighted by Crippen LogP contribution is 2.30. The zero-order valence-electron chi connectivity index (χ0n) is 10.6. The molecule has 1 aliphatic rings. The molecule has 0 N–H and O–H groups in total. The van der Waals surface area contributed by atoms with E-state index in [1.54, 1.807) is 7.11 Å². The Labute approximate surface area is 117 Å². The maximum absolute atomic E-state index is 5.89. The highest BCUT2D eigenvalue weighted by Gasteiger charge is 2.25. The topological polar surface area (TPSA) is 38.3 Å². The van der Waals surface area contributed by atoms with Crippen molar-refractivity contribution >= 4 is 11.6 Å². The van der Waals surface area contributed by atoms with E-state index < -0.39 is 0 Å². The molecule has 0 radical (unpaired) electrons. The third kappa shape index (κ3) is 2.55. The van der Waals surface area contributed by atoms with Crippen LogP contribution < -0.4 is 4.74 Å². The molecule has 0 bridgehead atoms. The molecule has 4 nitrogen and oxygen atoms in total. The number of rotatable bonds is 3. The summed E-state index contributed by atoms with van der Waals surface area (Å²) in [4.78, 5) is 10.7. The van der Waals surface area contributed by atoms with Gasteiger partial charge in [-0.05, 0) is 17.2 Å². The SMILES string of the molecule is COc1nc(Cl)nc2c1CN(Cc1ccccc1)C2. The molecule has 0 aliphatic carbocycles. The quantitative estimate of drug-likeness (QED) is 0.807. The number of aromatic nitrogens is 2. The molecule has 0 atom stereocenters. The van der Waals surface area contributed by atoms with Crippen LogP contribution in [0, 0.1) is 0 Å². The number of methoxy groups -OCH3 is 1.